The molecule has 0 N–H and O–H groups in total. The Morgan fingerprint density at radius 3 is 2.39 bits per heavy atom. The van der Waals surface area contributed by atoms with Crippen molar-refractivity contribution in [3.05, 3.63) is 53.1 Å². The quantitative estimate of drug-likeness (QED) is 0.770. The first-order chi connectivity index (χ1) is 8.74. The lowest BCUT2D eigenvalue weighted by Crippen LogP contribution is -1.96. The van der Waals surface area contributed by atoms with Crippen molar-refractivity contribution in [2.45, 2.75) is 6.92 Å². The van der Waals surface area contributed by atoms with Gasteiger partial charge in [0.2, 0.25) is 0 Å². The number of ether oxygens (including phenoxy) is 1. The molecule has 0 heterocycles. The van der Waals surface area contributed by atoms with Gasteiger partial charge in [-0.25, -0.2) is 0 Å². The molecule has 0 unspecified atom stereocenters. The molecule has 2 aromatic carbocycles. The van der Waals surface area contributed by atoms with Crippen molar-refractivity contribution >= 4 is 17.9 Å². The molecule has 18 heavy (non-hydrogen) atoms. The Bertz CT molecular complexity index is 547. The molecule has 2 aromatic rings. The minimum Gasteiger partial charge on any atom is -0.493 e. The van der Waals surface area contributed by atoms with Crippen LogP contribution in [0.4, 0.5) is 0 Å². The summed E-state index contributed by atoms with van der Waals surface area (Å²) >= 11 is 5.85. The third-order valence-electron chi connectivity index (χ3n) is 2.61. The maximum atomic E-state index is 11.0. The van der Waals surface area contributed by atoms with Crippen LogP contribution in [0.15, 0.2) is 42.5 Å². The monoisotopic (exact) mass is 260 g/mol. The summed E-state index contributed by atoms with van der Waals surface area (Å²) in [5, 5.41) is 0.695. The van der Waals surface area contributed by atoms with Crippen molar-refractivity contribution in [1.82, 2.24) is 0 Å². The number of carbonyl (C=O) groups excluding carboxylic acids is 1. The Labute approximate surface area is 111 Å². The summed E-state index contributed by atoms with van der Waals surface area (Å²) in [6, 6.07) is 13.1. The van der Waals surface area contributed by atoms with Gasteiger partial charge in [-0.15, -0.1) is 0 Å². The third-order valence-corrected chi connectivity index (χ3v) is 2.87. The fraction of sp³-hybridized carbons (Fsp3) is 0.133. The average Bonchev–Trinajstić information content (AvgIpc) is 2.40. The van der Waals surface area contributed by atoms with Crippen LogP contribution in [0.2, 0.25) is 5.02 Å². The highest BCUT2D eigenvalue weighted by Gasteiger charge is 2.05. The molecule has 0 radical (unpaired) electrons. The second kappa shape index (κ2) is 5.69. The molecule has 0 spiro atoms. The van der Waals surface area contributed by atoms with Crippen molar-refractivity contribution in [1.29, 1.82) is 0 Å². The van der Waals surface area contributed by atoms with Gasteiger partial charge in [0.05, 0.1) is 12.2 Å². The zero-order chi connectivity index (χ0) is 13.0. The molecule has 0 atom stereocenters. The minimum atomic E-state index is 0.543. The Morgan fingerprint density at radius 1 is 1.11 bits per heavy atom. The lowest BCUT2D eigenvalue weighted by Gasteiger charge is -2.08. The van der Waals surface area contributed by atoms with Crippen LogP contribution in [0.3, 0.4) is 0 Å². The molecule has 0 saturated carbocycles. The van der Waals surface area contributed by atoms with Gasteiger partial charge in [0, 0.05) is 5.02 Å². The van der Waals surface area contributed by atoms with Gasteiger partial charge >= 0.3 is 0 Å². The summed E-state index contributed by atoms with van der Waals surface area (Å²) in [6.45, 7) is 2.43. The maximum absolute atomic E-state index is 11.0. The number of rotatable bonds is 4. The average molecular weight is 261 g/mol. The van der Waals surface area contributed by atoms with Crippen LogP contribution in [0.1, 0.15) is 17.3 Å². The van der Waals surface area contributed by atoms with Gasteiger partial charge < -0.3 is 4.74 Å². The van der Waals surface area contributed by atoms with Gasteiger partial charge in [-0.3, -0.25) is 4.79 Å². The van der Waals surface area contributed by atoms with E-state index in [2.05, 4.69) is 0 Å². The van der Waals surface area contributed by atoms with E-state index >= 15 is 0 Å². The maximum Gasteiger partial charge on any atom is 0.153 e. The highest BCUT2D eigenvalue weighted by molar-refractivity contribution is 6.30. The summed E-state index contributed by atoms with van der Waals surface area (Å²) in [6.07, 6.45) is 0.810. The highest BCUT2D eigenvalue weighted by Crippen LogP contribution is 2.26. The van der Waals surface area contributed by atoms with E-state index in [1.165, 1.54) is 0 Å². The molecule has 2 rings (SSSR count). The lowest BCUT2D eigenvalue weighted by atomic mass is 10.0. The first-order valence-corrected chi connectivity index (χ1v) is 6.10. The number of aldehydes is 1. The first kappa shape index (κ1) is 12.7. The van der Waals surface area contributed by atoms with Gasteiger partial charge in [-0.05, 0) is 42.3 Å². The summed E-state index contributed by atoms with van der Waals surface area (Å²) in [5.41, 5.74) is 2.55. The molecular formula is C15H13ClO2. The van der Waals surface area contributed by atoms with E-state index in [4.69, 9.17) is 16.3 Å². The number of carbonyl (C=O) groups is 1. The molecule has 2 nitrogen and oxygen atoms in total. The summed E-state index contributed by atoms with van der Waals surface area (Å²) in [5.74, 6) is 0.616. The van der Waals surface area contributed by atoms with Gasteiger partial charge in [0.1, 0.15) is 5.75 Å². The zero-order valence-corrected chi connectivity index (χ0v) is 10.8. The van der Waals surface area contributed by atoms with Crippen LogP contribution < -0.4 is 4.74 Å². The van der Waals surface area contributed by atoms with E-state index in [0.717, 1.165) is 17.4 Å². The van der Waals surface area contributed by atoms with Crippen LogP contribution in [-0.2, 0) is 0 Å². The van der Waals surface area contributed by atoms with Crippen LogP contribution in [0.5, 0.6) is 5.75 Å². The van der Waals surface area contributed by atoms with Crippen molar-refractivity contribution in [2.75, 3.05) is 6.61 Å². The SMILES string of the molecule is CCOc1ccc(-c2ccc(Cl)cc2)cc1C=O. The molecule has 0 bridgehead atoms. The molecule has 0 amide bonds. The predicted octanol–water partition coefficient (Wildman–Crippen LogP) is 4.22. The Kier molecular flexibility index (Phi) is 4.00. The molecule has 3 heteroatoms. The van der Waals surface area contributed by atoms with E-state index in [9.17, 15) is 4.79 Å². The molecule has 0 fully saturated rings. The molecule has 0 saturated heterocycles. The first-order valence-electron chi connectivity index (χ1n) is 5.72. The zero-order valence-electron chi connectivity index (χ0n) is 10.0. The Balaban J connectivity index is 2.40. The van der Waals surface area contributed by atoms with E-state index in [-0.39, 0.29) is 0 Å². The van der Waals surface area contributed by atoms with Gasteiger partial charge in [-0.1, -0.05) is 29.8 Å². The summed E-state index contributed by atoms with van der Waals surface area (Å²) < 4.78 is 5.39. The minimum absolute atomic E-state index is 0.543. The number of halogens is 1. The molecule has 0 aliphatic rings. The third kappa shape index (κ3) is 2.71. The summed E-state index contributed by atoms with van der Waals surface area (Å²) in [4.78, 5) is 11.0. The van der Waals surface area contributed by atoms with Gasteiger partial charge in [0.25, 0.3) is 0 Å². The van der Waals surface area contributed by atoms with Crippen LogP contribution in [0.25, 0.3) is 11.1 Å². The lowest BCUT2D eigenvalue weighted by molar-refractivity contribution is 0.112. The second-order valence-electron chi connectivity index (χ2n) is 3.81. The number of benzene rings is 2. The van der Waals surface area contributed by atoms with Gasteiger partial charge in [-0.2, -0.15) is 0 Å². The van der Waals surface area contributed by atoms with Crippen molar-refractivity contribution < 1.29 is 9.53 Å². The van der Waals surface area contributed by atoms with Crippen LogP contribution in [0, 0.1) is 0 Å². The fourth-order valence-electron chi connectivity index (χ4n) is 1.75. The topological polar surface area (TPSA) is 26.3 Å². The van der Waals surface area contributed by atoms with Crippen LogP contribution in [-0.4, -0.2) is 12.9 Å². The second-order valence-corrected chi connectivity index (χ2v) is 4.25. The highest BCUT2D eigenvalue weighted by atomic mass is 35.5. The van der Waals surface area contributed by atoms with Gasteiger partial charge in [0.15, 0.2) is 6.29 Å². The number of hydrogen-bond donors (Lipinski definition) is 0. The predicted molar refractivity (Wildman–Crippen MR) is 73.4 cm³/mol. The van der Waals surface area contributed by atoms with Crippen molar-refractivity contribution in [2.24, 2.45) is 0 Å². The molecule has 92 valence electrons. The summed E-state index contributed by atoms with van der Waals surface area (Å²) in [7, 11) is 0. The van der Waals surface area contributed by atoms with E-state index in [1.807, 2.05) is 49.4 Å². The Hall–Kier alpha value is -1.80. The molecule has 0 aliphatic heterocycles. The molecular weight excluding hydrogens is 248 g/mol. The van der Waals surface area contributed by atoms with Crippen LogP contribution >= 0.6 is 11.6 Å². The fourth-order valence-corrected chi connectivity index (χ4v) is 1.88. The normalized spacial score (nSPS) is 10.1. The van der Waals surface area contributed by atoms with Crippen molar-refractivity contribution in [3.8, 4) is 16.9 Å². The van der Waals surface area contributed by atoms with E-state index in [0.29, 0.717) is 22.9 Å². The molecule has 0 aromatic heterocycles. The molecule has 0 aliphatic carbocycles. The standard InChI is InChI=1S/C15H13ClO2/c1-2-18-15-8-5-12(9-13(15)10-17)11-3-6-14(16)7-4-11/h3-10H,2H2,1H3. The largest absolute Gasteiger partial charge is 0.493 e. The van der Waals surface area contributed by atoms with E-state index in [1.54, 1.807) is 0 Å². The van der Waals surface area contributed by atoms with E-state index < -0.39 is 0 Å². The Morgan fingerprint density at radius 2 is 1.78 bits per heavy atom. The smallest absolute Gasteiger partial charge is 0.153 e. The number of hydrogen-bond acceptors (Lipinski definition) is 2. The van der Waals surface area contributed by atoms with Crippen molar-refractivity contribution in [3.63, 3.8) is 0 Å².